The highest BCUT2D eigenvalue weighted by atomic mass is 35.5. The molecule has 2 rings (SSSR count). The van der Waals surface area contributed by atoms with Gasteiger partial charge in [0, 0.05) is 18.5 Å². The van der Waals surface area contributed by atoms with Crippen LogP contribution in [0.1, 0.15) is 26.2 Å². The summed E-state index contributed by atoms with van der Waals surface area (Å²) in [5.74, 6) is 2.09. The highest BCUT2D eigenvalue weighted by Gasteiger charge is 2.29. The molecule has 94 valence electrons. The first kappa shape index (κ1) is 12.4. The minimum atomic E-state index is 0.587. The Morgan fingerprint density at radius 2 is 2.29 bits per heavy atom. The van der Waals surface area contributed by atoms with Crippen molar-refractivity contribution in [2.45, 2.75) is 32.2 Å². The molecular formula is C12H18ClN3O. The average Bonchev–Trinajstić information content (AvgIpc) is 3.18. The van der Waals surface area contributed by atoms with E-state index in [0.717, 1.165) is 18.8 Å². The number of alkyl halides is 1. The smallest absolute Gasteiger partial charge is 0.234 e. The quantitative estimate of drug-likeness (QED) is 0.702. The van der Waals surface area contributed by atoms with E-state index in [1.165, 1.54) is 12.8 Å². The largest absolute Gasteiger partial charge is 0.477 e. The summed E-state index contributed by atoms with van der Waals surface area (Å²) >= 11 is 5.82. The van der Waals surface area contributed by atoms with Gasteiger partial charge < -0.3 is 9.64 Å². The van der Waals surface area contributed by atoms with Crippen LogP contribution in [-0.2, 0) is 0 Å². The molecule has 1 saturated carbocycles. The molecule has 0 aromatic carbocycles. The molecule has 1 aromatic rings. The summed E-state index contributed by atoms with van der Waals surface area (Å²) in [6, 6.07) is 0.587. The Bertz CT molecular complexity index is 357. The SMILES string of the molecule is CCCOc1cncc(N(CCCl)C2CC2)n1. The van der Waals surface area contributed by atoms with Gasteiger partial charge in [0.1, 0.15) is 0 Å². The van der Waals surface area contributed by atoms with Gasteiger partial charge in [-0.15, -0.1) is 11.6 Å². The van der Waals surface area contributed by atoms with Crippen molar-refractivity contribution in [2.24, 2.45) is 0 Å². The Morgan fingerprint density at radius 3 is 2.94 bits per heavy atom. The van der Waals surface area contributed by atoms with Gasteiger partial charge >= 0.3 is 0 Å². The predicted molar refractivity (Wildman–Crippen MR) is 68.9 cm³/mol. The summed E-state index contributed by atoms with van der Waals surface area (Å²) in [7, 11) is 0. The fourth-order valence-corrected chi connectivity index (χ4v) is 1.90. The van der Waals surface area contributed by atoms with Crippen molar-refractivity contribution in [3.8, 4) is 5.88 Å². The molecule has 0 spiro atoms. The van der Waals surface area contributed by atoms with Crippen LogP contribution in [0.5, 0.6) is 5.88 Å². The third-order valence-corrected chi connectivity index (χ3v) is 2.83. The monoisotopic (exact) mass is 255 g/mol. The lowest BCUT2D eigenvalue weighted by molar-refractivity contribution is 0.304. The number of hydrogen-bond acceptors (Lipinski definition) is 4. The molecule has 4 nitrogen and oxygen atoms in total. The summed E-state index contributed by atoms with van der Waals surface area (Å²) in [5.41, 5.74) is 0. The Morgan fingerprint density at radius 1 is 1.47 bits per heavy atom. The van der Waals surface area contributed by atoms with E-state index in [9.17, 15) is 0 Å². The fraction of sp³-hybridized carbons (Fsp3) is 0.667. The fourth-order valence-electron chi connectivity index (χ4n) is 1.71. The van der Waals surface area contributed by atoms with Crippen molar-refractivity contribution in [1.29, 1.82) is 0 Å². The van der Waals surface area contributed by atoms with Crippen LogP contribution in [-0.4, -0.2) is 35.0 Å². The third kappa shape index (κ3) is 3.46. The Labute approximate surface area is 107 Å². The average molecular weight is 256 g/mol. The van der Waals surface area contributed by atoms with E-state index in [-0.39, 0.29) is 0 Å². The molecule has 0 N–H and O–H groups in total. The van der Waals surface area contributed by atoms with E-state index < -0.39 is 0 Å². The highest BCUT2D eigenvalue weighted by molar-refractivity contribution is 6.18. The number of halogens is 1. The van der Waals surface area contributed by atoms with E-state index in [1.54, 1.807) is 12.4 Å². The van der Waals surface area contributed by atoms with E-state index in [1.807, 2.05) is 0 Å². The van der Waals surface area contributed by atoms with Crippen LogP contribution >= 0.6 is 11.6 Å². The maximum Gasteiger partial charge on any atom is 0.234 e. The first-order chi connectivity index (χ1) is 8.35. The first-order valence-electron chi connectivity index (χ1n) is 6.12. The molecule has 0 radical (unpaired) electrons. The van der Waals surface area contributed by atoms with E-state index >= 15 is 0 Å². The maximum absolute atomic E-state index is 5.82. The molecule has 1 fully saturated rings. The predicted octanol–water partition coefficient (Wildman–Crippen LogP) is 2.47. The Kier molecular flexibility index (Phi) is 4.42. The number of rotatable bonds is 7. The Balaban J connectivity index is 2.07. The van der Waals surface area contributed by atoms with Crippen molar-refractivity contribution in [3.63, 3.8) is 0 Å². The van der Waals surface area contributed by atoms with Crippen molar-refractivity contribution in [3.05, 3.63) is 12.4 Å². The molecule has 0 amide bonds. The maximum atomic E-state index is 5.82. The number of anilines is 1. The van der Waals surface area contributed by atoms with E-state index in [0.29, 0.717) is 24.4 Å². The molecule has 0 bridgehead atoms. The van der Waals surface area contributed by atoms with Gasteiger partial charge in [-0.05, 0) is 19.3 Å². The van der Waals surface area contributed by atoms with Crippen molar-refractivity contribution in [1.82, 2.24) is 9.97 Å². The minimum Gasteiger partial charge on any atom is -0.477 e. The first-order valence-corrected chi connectivity index (χ1v) is 6.66. The minimum absolute atomic E-state index is 0.587. The van der Waals surface area contributed by atoms with Crippen LogP contribution in [0.25, 0.3) is 0 Å². The lowest BCUT2D eigenvalue weighted by atomic mass is 10.4. The van der Waals surface area contributed by atoms with Gasteiger partial charge in [-0.1, -0.05) is 6.92 Å². The summed E-state index contributed by atoms with van der Waals surface area (Å²) in [6.45, 7) is 3.57. The van der Waals surface area contributed by atoms with E-state index in [2.05, 4.69) is 21.8 Å². The van der Waals surface area contributed by atoms with Gasteiger partial charge in [0.25, 0.3) is 0 Å². The summed E-state index contributed by atoms with van der Waals surface area (Å²) in [6.07, 6.45) is 6.85. The number of ether oxygens (including phenoxy) is 1. The molecule has 17 heavy (non-hydrogen) atoms. The van der Waals surface area contributed by atoms with Crippen molar-refractivity contribution >= 4 is 17.4 Å². The number of hydrogen-bond donors (Lipinski definition) is 0. The second kappa shape index (κ2) is 6.05. The molecule has 5 heteroatoms. The zero-order valence-electron chi connectivity index (χ0n) is 10.1. The van der Waals surface area contributed by atoms with Crippen LogP contribution in [0.2, 0.25) is 0 Å². The van der Waals surface area contributed by atoms with Gasteiger partial charge in [-0.25, -0.2) is 0 Å². The normalized spacial score (nSPS) is 14.7. The van der Waals surface area contributed by atoms with Crippen LogP contribution < -0.4 is 9.64 Å². The topological polar surface area (TPSA) is 38.2 Å². The second-order valence-electron chi connectivity index (χ2n) is 4.18. The van der Waals surface area contributed by atoms with Gasteiger partial charge in [0.2, 0.25) is 5.88 Å². The number of aromatic nitrogens is 2. The third-order valence-electron chi connectivity index (χ3n) is 2.66. The van der Waals surface area contributed by atoms with Gasteiger partial charge in [0.05, 0.1) is 19.0 Å². The van der Waals surface area contributed by atoms with Crippen LogP contribution in [0.15, 0.2) is 12.4 Å². The van der Waals surface area contributed by atoms with E-state index in [4.69, 9.17) is 16.3 Å². The van der Waals surface area contributed by atoms with Crippen molar-refractivity contribution in [2.75, 3.05) is 23.9 Å². The number of nitrogens with zero attached hydrogens (tertiary/aromatic N) is 3. The Hall–Kier alpha value is -1.03. The molecule has 0 aliphatic heterocycles. The summed E-state index contributed by atoms with van der Waals surface area (Å²) in [5, 5.41) is 0. The lowest BCUT2D eigenvalue weighted by Crippen LogP contribution is -2.28. The van der Waals surface area contributed by atoms with Crippen LogP contribution in [0, 0.1) is 0 Å². The molecule has 0 saturated heterocycles. The van der Waals surface area contributed by atoms with Crippen molar-refractivity contribution < 1.29 is 4.74 Å². The summed E-state index contributed by atoms with van der Waals surface area (Å²) < 4.78 is 5.49. The standard InChI is InChI=1S/C12H18ClN3O/c1-2-7-17-12-9-14-8-11(15-12)16(6-5-13)10-3-4-10/h8-10H,2-7H2,1H3. The molecule has 1 aliphatic rings. The lowest BCUT2D eigenvalue weighted by Gasteiger charge is -2.22. The molecule has 0 unspecified atom stereocenters. The molecule has 1 aromatic heterocycles. The second-order valence-corrected chi connectivity index (χ2v) is 4.56. The zero-order valence-corrected chi connectivity index (χ0v) is 10.9. The van der Waals surface area contributed by atoms with Gasteiger partial charge in [-0.3, -0.25) is 4.98 Å². The summed E-state index contributed by atoms with van der Waals surface area (Å²) in [4.78, 5) is 10.9. The van der Waals surface area contributed by atoms with Gasteiger partial charge in [0.15, 0.2) is 5.82 Å². The molecule has 1 heterocycles. The van der Waals surface area contributed by atoms with Crippen LogP contribution in [0.4, 0.5) is 5.82 Å². The highest BCUT2D eigenvalue weighted by Crippen LogP contribution is 2.30. The van der Waals surface area contributed by atoms with Gasteiger partial charge in [-0.2, -0.15) is 4.98 Å². The molecule has 1 aliphatic carbocycles. The zero-order chi connectivity index (χ0) is 12.1. The molecular weight excluding hydrogens is 238 g/mol. The molecule has 0 atom stereocenters. The van der Waals surface area contributed by atoms with Crippen LogP contribution in [0.3, 0.4) is 0 Å².